The van der Waals surface area contributed by atoms with E-state index in [0.717, 1.165) is 12.1 Å². The van der Waals surface area contributed by atoms with Gasteiger partial charge in [0.25, 0.3) is 0 Å². The Hall–Kier alpha value is -4.20. The van der Waals surface area contributed by atoms with E-state index in [1.54, 1.807) is 12.1 Å². The van der Waals surface area contributed by atoms with Crippen molar-refractivity contribution in [1.29, 1.82) is 0 Å². The number of carboxylic acid groups (broad SMARTS) is 2. The summed E-state index contributed by atoms with van der Waals surface area (Å²) in [7, 11) is 1.28. The minimum atomic E-state index is -4.43. The highest BCUT2D eigenvalue weighted by molar-refractivity contribution is 6.27. The van der Waals surface area contributed by atoms with Gasteiger partial charge in [-0.05, 0) is 24.3 Å². The maximum atomic E-state index is 12.9. The number of carboxylic acids is 2. The summed E-state index contributed by atoms with van der Waals surface area (Å²) in [4.78, 5) is 35.9. The number of alkyl halides is 3. The molecule has 1 aliphatic heterocycles. The van der Waals surface area contributed by atoms with Gasteiger partial charge in [0.1, 0.15) is 5.76 Å². The lowest BCUT2D eigenvalue weighted by Crippen LogP contribution is -2.44. The van der Waals surface area contributed by atoms with E-state index < -0.39 is 29.6 Å². The fourth-order valence-electron chi connectivity index (χ4n) is 3.10. The van der Waals surface area contributed by atoms with E-state index in [9.17, 15) is 18.0 Å². The third-order valence-electron chi connectivity index (χ3n) is 4.81. The lowest BCUT2D eigenvalue weighted by Gasteiger charge is -2.36. The molecule has 0 amide bonds. The highest BCUT2D eigenvalue weighted by Crippen LogP contribution is 2.33. The predicted molar refractivity (Wildman–Crippen MR) is 108 cm³/mol. The number of rotatable bonds is 5. The Morgan fingerprint density at radius 3 is 2.43 bits per heavy atom. The second-order valence-electron chi connectivity index (χ2n) is 7.29. The summed E-state index contributed by atoms with van der Waals surface area (Å²) in [5, 5.41) is 18.6. The number of methoxy groups -OCH3 is 1. The van der Waals surface area contributed by atoms with E-state index in [2.05, 4.69) is 19.8 Å². The van der Waals surface area contributed by atoms with E-state index in [-0.39, 0.29) is 23.1 Å². The van der Waals surface area contributed by atoms with Crippen LogP contribution in [-0.4, -0.2) is 63.4 Å². The molecule has 0 spiro atoms. The first kappa shape index (κ1) is 25.4. The standard InChI is InChI=1S/C19H16F3N3O4.C2H2O4/c1-27-18(26)15-6-5-14(28-15)10-25-8-12(9-25)17-23-16(24-29-17)11-3-2-4-13(7-11)19(20,21)22;3-1(4)2(5)6/h2-7,12H,8-10H2,1H3;(H,3,4)(H,5,6). The third-order valence-corrected chi connectivity index (χ3v) is 4.81. The number of furan rings is 1. The molecule has 0 saturated carbocycles. The maximum Gasteiger partial charge on any atom is 0.416 e. The van der Waals surface area contributed by atoms with Crippen LogP contribution in [-0.2, 0) is 27.0 Å². The highest BCUT2D eigenvalue weighted by atomic mass is 19.4. The molecular weight excluding hydrogens is 479 g/mol. The van der Waals surface area contributed by atoms with Crippen molar-refractivity contribution in [2.24, 2.45) is 0 Å². The van der Waals surface area contributed by atoms with Gasteiger partial charge in [0.15, 0.2) is 0 Å². The molecule has 0 bridgehead atoms. The van der Waals surface area contributed by atoms with Crippen LogP contribution in [0.1, 0.15) is 33.7 Å². The van der Waals surface area contributed by atoms with Crippen LogP contribution in [0.25, 0.3) is 11.4 Å². The lowest BCUT2D eigenvalue weighted by molar-refractivity contribution is -0.159. The molecule has 0 radical (unpaired) electrons. The molecule has 4 rings (SSSR count). The van der Waals surface area contributed by atoms with Gasteiger partial charge < -0.3 is 23.9 Å². The second-order valence-corrected chi connectivity index (χ2v) is 7.29. The van der Waals surface area contributed by atoms with Crippen LogP contribution in [0.4, 0.5) is 13.2 Å². The zero-order valence-corrected chi connectivity index (χ0v) is 18.0. The molecule has 1 aliphatic rings. The Labute approximate surface area is 194 Å². The number of hydrogen-bond acceptors (Lipinski definition) is 9. The molecule has 35 heavy (non-hydrogen) atoms. The number of aromatic nitrogens is 2. The molecule has 2 N–H and O–H groups in total. The zero-order valence-electron chi connectivity index (χ0n) is 18.0. The van der Waals surface area contributed by atoms with E-state index in [0.29, 0.717) is 31.3 Å². The van der Waals surface area contributed by atoms with Crippen LogP contribution < -0.4 is 0 Å². The Balaban J connectivity index is 0.000000509. The Bertz CT molecular complexity index is 1200. The van der Waals surface area contributed by atoms with E-state index in [1.807, 2.05) is 0 Å². The average molecular weight is 497 g/mol. The van der Waals surface area contributed by atoms with Crippen molar-refractivity contribution in [1.82, 2.24) is 15.0 Å². The predicted octanol–water partition coefficient (Wildman–Crippen LogP) is 2.89. The summed E-state index contributed by atoms with van der Waals surface area (Å²) in [6.07, 6.45) is -4.43. The van der Waals surface area contributed by atoms with Crippen molar-refractivity contribution in [3.8, 4) is 11.4 Å². The second kappa shape index (κ2) is 10.4. The average Bonchev–Trinajstić information content (AvgIpc) is 3.45. The van der Waals surface area contributed by atoms with Gasteiger partial charge in [-0.2, -0.15) is 18.2 Å². The number of esters is 1. The molecule has 1 saturated heterocycles. The first-order chi connectivity index (χ1) is 16.5. The summed E-state index contributed by atoms with van der Waals surface area (Å²) in [5.41, 5.74) is -0.516. The molecule has 11 nitrogen and oxygen atoms in total. The number of nitrogens with zero attached hydrogens (tertiary/aromatic N) is 3. The topological polar surface area (TPSA) is 156 Å². The van der Waals surface area contributed by atoms with Gasteiger partial charge in [-0.15, -0.1) is 0 Å². The Kier molecular flexibility index (Phi) is 7.54. The molecule has 1 aromatic carbocycles. The SMILES string of the molecule is COC(=O)c1ccc(CN2CC(c3nc(-c4cccc(C(F)(F)F)c4)no3)C2)o1.O=C(O)C(=O)O. The minimum absolute atomic E-state index is 0.0166. The number of carbonyl (C=O) groups excluding carboxylic acids is 1. The van der Waals surface area contributed by atoms with Gasteiger partial charge in [-0.25, -0.2) is 14.4 Å². The van der Waals surface area contributed by atoms with Crippen molar-refractivity contribution in [2.45, 2.75) is 18.6 Å². The summed E-state index contributed by atoms with van der Waals surface area (Å²) in [6, 6.07) is 8.07. The van der Waals surface area contributed by atoms with E-state index >= 15 is 0 Å². The summed E-state index contributed by atoms with van der Waals surface area (Å²) in [5.74, 6) is -2.93. The van der Waals surface area contributed by atoms with Gasteiger partial charge in [0, 0.05) is 18.7 Å². The lowest BCUT2D eigenvalue weighted by atomic mass is 10.00. The molecule has 0 unspecified atom stereocenters. The molecule has 14 heteroatoms. The van der Waals surface area contributed by atoms with E-state index in [1.165, 1.54) is 19.2 Å². The van der Waals surface area contributed by atoms with Crippen LogP contribution in [0.5, 0.6) is 0 Å². The largest absolute Gasteiger partial charge is 0.473 e. The number of carbonyl (C=O) groups is 3. The molecule has 186 valence electrons. The third kappa shape index (κ3) is 6.44. The quantitative estimate of drug-likeness (QED) is 0.395. The van der Waals surface area contributed by atoms with E-state index in [4.69, 9.17) is 28.7 Å². The first-order valence-corrected chi connectivity index (χ1v) is 9.84. The Morgan fingerprint density at radius 2 is 1.83 bits per heavy atom. The van der Waals surface area contributed by atoms with Gasteiger partial charge >= 0.3 is 24.1 Å². The number of halogens is 3. The first-order valence-electron chi connectivity index (χ1n) is 9.84. The van der Waals surface area contributed by atoms with Crippen molar-refractivity contribution < 1.29 is 51.4 Å². The van der Waals surface area contributed by atoms with Crippen LogP contribution in [0.15, 0.2) is 45.3 Å². The smallest absolute Gasteiger partial charge is 0.416 e. The molecule has 0 aliphatic carbocycles. The monoisotopic (exact) mass is 497 g/mol. The van der Waals surface area contributed by atoms with Crippen LogP contribution in [0, 0.1) is 0 Å². The van der Waals surface area contributed by atoms with Gasteiger partial charge in [0.2, 0.25) is 17.5 Å². The van der Waals surface area contributed by atoms with Crippen molar-refractivity contribution >= 4 is 17.9 Å². The zero-order chi connectivity index (χ0) is 25.8. The van der Waals surface area contributed by atoms with Crippen LogP contribution >= 0.6 is 0 Å². The van der Waals surface area contributed by atoms with Gasteiger partial charge in [0.05, 0.1) is 25.1 Å². The number of ether oxygens (including phenoxy) is 1. The summed E-state index contributed by atoms with van der Waals surface area (Å²) >= 11 is 0. The van der Waals surface area contributed by atoms with Crippen LogP contribution in [0.3, 0.4) is 0 Å². The number of benzene rings is 1. The highest BCUT2D eigenvalue weighted by Gasteiger charge is 2.34. The van der Waals surface area contributed by atoms with Crippen LogP contribution in [0.2, 0.25) is 0 Å². The van der Waals surface area contributed by atoms with Crippen molar-refractivity contribution in [2.75, 3.05) is 20.2 Å². The fourth-order valence-corrected chi connectivity index (χ4v) is 3.10. The summed E-state index contributed by atoms with van der Waals surface area (Å²) < 4.78 is 53.9. The van der Waals surface area contributed by atoms with Gasteiger partial charge in [-0.3, -0.25) is 4.90 Å². The number of hydrogen-bond donors (Lipinski definition) is 2. The molecule has 3 aromatic rings. The number of likely N-dealkylation sites (tertiary alicyclic amines) is 1. The molecule has 2 aromatic heterocycles. The summed E-state index contributed by atoms with van der Waals surface area (Å²) in [6.45, 7) is 1.75. The van der Waals surface area contributed by atoms with Crippen molar-refractivity contribution in [3.05, 3.63) is 59.4 Å². The van der Waals surface area contributed by atoms with Crippen molar-refractivity contribution in [3.63, 3.8) is 0 Å². The minimum Gasteiger partial charge on any atom is -0.473 e. The Morgan fingerprint density at radius 1 is 1.14 bits per heavy atom. The maximum absolute atomic E-state index is 12.9. The number of aliphatic carboxylic acids is 2. The molecule has 1 fully saturated rings. The molecule has 3 heterocycles. The normalized spacial score (nSPS) is 13.9. The fraction of sp³-hybridized carbons (Fsp3) is 0.286. The molecule has 0 atom stereocenters. The molecular formula is C21H18F3N3O8. The van der Waals surface area contributed by atoms with Gasteiger partial charge in [-0.1, -0.05) is 17.3 Å².